The van der Waals surface area contributed by atoms with Gasteiger partial charge in [-0.1, -0.05) is 31.5 Å². The fourth-order valence-corrected chi connectivity index (χ4v) is 2.61. The summed E-state index contributed by atoms with van der Waals surface area (Å²) in [5.74, 6) is 0.589. The molecule has 1 rings (SSSR count). The summed E-state index contributed by atoms with van der Waals surface area (Å²) in [5, 5.41) is 12.1. The summed E-state index contributed by atoms with van der Waals surface area (Å²) >= 11 is 1.54. The van der Waals surface area contributed by atoms with Crippen LogP contribution in [0, 0.1) is 19.8 Å². The molecule has 1 amide bonds. The molecular formula is C15H23NO2S. The molecule has 0 saturated carbocycles. The van der Waals surface area contributed by atoms with Gasteiger partial charge >= 0.3 is 0 Å². The number of hydrogen-bond donors (Lipinski definition) is 2. The van der Waals surface area contributed by atoms with E-state index in [-0.39, 0.29) is 24.5 Å². The van der Waals surface area contributed by atoms with Crippen LogP contribution in [0.3, 0.4) is 0 Å². The Morgan fingerprint density at radius 3 is 2.63 bits per heavy atom. The van der Waals surface area contributed by atoms with E-state index in [9.17, 15) is 9.90 Å². The number of hydrogen-bond acceptors (Lipinski definition) is 3. The zero-order valence-electron chi connectivity index (χ0n) is 12.1. The van der Waals surface area contributed by atoms with Gasteiger partial charge in [-0.15, -0.1) is 11.8 Å². The van der Waals surface area contributed by atoms with E-state index in [1.54, 1.807) is 0 Å². The van der Waals surface area contributed by atoms with Crippen molar-refractivity contribution in [2.24, 2.45) is 5.92 Å². The Labute approximate surface area is 119 Å². The minimum atomic E-state index is -0.160. The zero-order chi connectivity index (χ0) is 14.4. The second kappa shape index (κ2) is 7.56. The second-order valence-corrected chi connectivity index (χ2v) is 6.18. The Hall–Kier alpha value is -1.00. The van der Waals surface area contributed by atoms with Crippen molar-refractivity contribution in [3.8, 4) is 0 Å². The van der Waals surface area contributed by atoms with E-state index in [2.05, 4.69) is 23.5 Å². The highest BCUT2D eigenvalue weighted by Crippen LogP contribution is 2.23. The van der Waals surface area contributed by atoms with Crippen LogP contribution >= 0.6 is 11.8 Å². The number of aryl methyl sites for hydroxylation is 2. The molecule has 0 aliphatic heterocycles. The normalized spacial score (nSPS) is 12.5. The molecule has 0 bridgehead atoms. The molecule has 0 unspecified atom stereocenters. The number of carbonyl (C=O) groups is 1. The quantitative estimate of drug-likeness (QED) is 0.788. The monoisotopic (exact) mass is 281 g/mol. The summed E-state index contributed by atoms with van der Waals surface area (Å²) in [6.07, 6.45) is 0. The van der Waals surface area contributed by atoms with E-state index in [0.717, 1.165) is 4.90 Å². The van der Waals surface area contributed by atoms with Crippen molar-refractivity contribution in [2.45, 2.75) is 38.6 Å². The average Bonchev–Trinajstić information content (AvgIpc) is 2.36. The lowest BCUT2D eigenvalue weighted by atomic mass is 10.1. The van der Waals surface area contributed by atoms with Gasteiger partial charge in [-0.25, -0.2) is 0 Å². The molecule has 1 atom stereocenters. The first-order valence-electron chi connectivity index (χ1n) is 6.54. The molecule has 4 heteroatoms. The summed E-state index contributed by atoms with van der Waals surface area (Å²) in [7, 11) is 0. The molecule has 0 spiro atoms. The first-order chi connectivity index (χ1) is 8.93. The van der Waals surface area contributed by atoms with Gasteiger partial charge < -0.3 is 10.4 Å². The molecule has 0 heterocycles. The standard InChI is InChI=1S/C15H23NO2S/c1-10(2)13(8-17)16-15(18)9-19-14-7-11(3)5-6-12(14)4/h5-7,10,13,17H,8-9H2,1-4H3,(H,16,18)/t13-/m1/s1. The van der Waals surface area contributed by atoms with Gasteiger partial charge in [0.15, 0.2) is 0 Å². The lowest BCUT2D eigenvalue weighted by Gasteiger charge is -2.19. The third-order valence-electron chi connectivity index (χ3n) is 3.05. The fraction of sp³-hybridized carbons (Fsp3) is 0.533. The van der Waals surface area contributed by atoms with E-state index >= 15 is 0 Å². The van der Waals surface area contributed by atoms with E-state index < -0.39 is 0 Å². The molecule has 1 aromatic rings. The number of rotatable bonds is 6. The molecule has 0 aromatic heterocycles. The predicted molar refractivity (Wildman–Crippen MR) is 80.5 cm³/mol. The average molecular weight is 281 g/mol. The Bertz CT molecular complexity index is 432. The molecule has 2 N–H and O–H groups in total. The van der Waals surface area contributed by atoms with Crippen LogP contribution in [0.2, 0.25) is 0 Å². The summed E-state index contributed by atoms with van der Waals surface area (Å²) in [5.41, 5.74) is 2.38. The second-order valence-electron chi connectivity index (χ2n) is 5.16. The van der Waals surface area contributed by atoms with E-state index in [4.69, 9.17) is 0 Å². The number of thioether (sulfide) groups is 1. The van der Waals surface area contributed by atoms with Gasteiger partial charge in [-0.2, -0.15) is 0 Å². The van der Waals surface area contributed by atoms with Crippen LogP contribution in [-0.2, 0) is 4.79 Å². The molecule has 0 radical (unpaired) electrons. The first-order valence-corrected chi connectivity index (χ1v) is 7.53. The summed E-state index contributed by atoms with van der Waals surface area (Å²) in [6, 6.07) is 6.08. The molecule has 0 saturated heterocycles. The number of nitrogens with one attached hydrogen (secondary N) is 1. The van der Waals surface area contributed by atoms with Gasteiger partial charge in [0.05, 0.1) is 18.4 Å². The van der Waals surface area contributed by atoms with Gasteiger partial charge in [0, 0.05) is 4.90 Å². The van der Waals surface area contributed by atoms with Crippen LogP contribution in [-0.4, -0.2) is 29.4 Å². The highest BCUT2D eigenvalue weighted by Gasteiger charge is 2.15. The molecule has 106 valence electrons. The van der Waals surface area contributed by atoms with Crippen molar-refractivity contribution in [1.29, 1.82) is 0 Å². The number of amides is 1. The molecule has 19 heavy (non-hydrogen) atoms. The maximum absolute atomic E-state index is 11.8. The van der Waals surface area contributed by atoms with Crippen LogP contribution in [0.5, 0.6) is 0 Å². The van der Waals surface area contributed by atoms with Gasteiger partial charge in [-0.05, 0) is 31.4 Å². The van der Waals surface area contributed by atoms with E-state index in [0.29, 0.717) is 5.75 Å². The van der Waals surface area contributed by atoms with Crippen molar-refractivity contribution in [2.75, 3.05) is 12.4 Å². The lowest BCUT2D eigenvalue weighted by molar-refractivity contribution is -0.119. The Morgan fingerprint density at radius 1 is 1.37 bits per heavy atom. The Balaban J connectivity index is 2.52. The maximum atomic E-state index is 11.8. The third kappa shape index (κ3) is 5.25. The predicted octanol–water partition coefficient (Wildman–Crippen LogP) is 2.53. The SMILES string of the molecule is Cc1ccc(C)c(SCC(=O)N[C@H](CO)C(C)C)c1. The van der Waals surface area contributed by atoms with Gasteiger partial charge in [0.25, 0.3) is 0 Å². The fourth-order valence-electron chi connectivity index (χ4n) is 1.68. The third-order valence-corrected chi connectivity index (χ3v) is 4.21. The van der Waals surface area contributed by atoms with Crippen molar-refractivity contribution in [3.05, 3.63) is 29.3 Å². The van der Waals surface area contributed by atoms with Crippen LogP contribution in [0.15, 0.2) is 23.1 Å². The Kier molecular flexibility index (Phi) is 6.38. The van der Waals surface area contributed by atoms with Crippen molar-refractivity contribution >= 4 is 17.7 Å². The minimum absolute atomic E-state index is 0.0163. The summed E-state index contributed by atoms with van der Waals surface area (Å²) in [4.78, 5) is 13.0. The van der Waals surface area contributed by atoms with Crippen LogP contribution in [0.4, 0.5) is 0 Å². The van der Waals surface area contributed by atoms with Crippen molar-refractivity contribution < 1.29 is 9.90 Å². The summed E-state index contributed by atoms with van der Waals surface area (Å²) < 4.78 is 0. The smallest absolute Gasteiger partial charge is 0.230 e. The zero-order valence-corrected chi connectivity index (χ0v) is 12.9. The number of benzene rings is 1. The number of aliphatic hydroxyl groups is 1. The van der Waals surface area contributed by atoms with E-state index in [1.165, 1.54) is 22.9 Å². The topological polar surface area (TPSA) is 49.3 Å². The number of aliphatic hydroxyl groups excluding tert-OH is 1. The molecular weight excluding hydrogens is 258 g/mol. The molecule has 1 aromatic carbocycles. The highest BCUT2D eigenvalue weighted by molar-refractivity contribution is 8.00. The van der Waals surface area contributed by atoms with Crippen LogP contribution in [0.25, 0.3) is 0 Å². The number of carbonyl (C=O) groups excluding carboxylic acids is 1. The van der Waals surface area contributed by atoms with Crippen molar-refractivity contribution in [1.82, 2.24) is 5.32 Å². The highest BCUT2D eigenvalue weighted by atomic mass is 32.2. The lowest BCUT2D eigenvalue weighted by Crippen LogP contribution is -2.41. The van der Waals surface area contributed by atoms with Gasteiger partial charge in [-0.3, -0.25) is 4.79 Å². The van der Waals surface area contributed by atoms with Gasteiger partial charge in [0.2, 0.25) is 5.91 Å². The van der Waals surface area contributed by atoms with Gasteiger partial charge in [0.1, 0.15) is 0 Å². The van der Waals surface area contributed by atoms with Crippen LogP contribution < -0.4 is 5.32 Å². The summed E-state index contributed by atoms with van der Waals surface area (Å²) in [6.45, 7) is 8.05. The minimum Gasteiger partial charge on any atom is -0.394 e. The Morgan fingerprint density at radius 2 is 2.05 bits per heavy atom. The largest absolute Gasteiger partial charge is 0.394 e. The molecule has 3 nitrogen and oxygen atoms in total. The molecule has 0 aliphatic carbocycles. The molecule has 0 fully saturated rings. The maximum Gasteiger partial charge on any atom is 0.230 e. The molecule has 0 aliphatic rings. The van der Waals surface area contributed by atoms with Crippen molar-refractivity contribution in [3.63, 3.8) is 0 Å². The first kappa shape index (κ1) is 16.1. The van der Waals surface area contributed by atoms with E-state index in [1.807, 2.05) is 27.7 Å². The van der Waals surface area contributed by atoms with Crippen LogP contribution in [0.1, 0.15) is 25.0 Å².